The number of halogens is 1. The Morgan fingerprint density at radius 2 is 1.83 bits per heavy atom. The SMILES string of the molecule is CC(C)c1nc2ccccc2c(-c2ccc(F)cc2)c1/C=C/CCCCC(=O)O. The Kier molecular flexibility index (Phi) is 6.76. The van der Waals surface area contributed by atoms with Gasteiger partial charge in [0.1, 0.15) is 5.82 Å². The summed E-state index contributed by atoms with van der Waals surface area (Å²) >= 11 is 0. The molecule has 0 bridgehead atoms. The number of para-hydroxylation sites is 1. The highest BCUT2D eigenvalue weighted by Crippen LogP contribution is 2.36. The maximum Gasteiger partial charge on any atom is 0.303 e. The zero-order valence-electron chi connectivity index (χ0n) is 16.9. The van der Waals surface area contributed by atoms with E-state index in [1.165, 1.54) is 12.1 Å². The molecule has 0 amide bonds. The number of aromatic nitrogens is 1. The number of benzene rings is 2. The predicted octanol–water partition coefficient (Wildman–Crippen LogP) is 6.82. The first kappa shape index (κ1) is 20.7. The van der Waals surface area contributed by atoms with Crippen LogP contribution in [-0.2, 0) is 4.79 Å². The number of unbranched alkanes of at least 4 members (excludes halogenated alkanes) is 2. The van der Waals surface area contributed by atoms with Gasteiger partial charge in [0.25, 0.3) is 0 Å². The molecular formula is C25H26FNO2. The van der Waals surface area contributed by atoms with Gasteiger partial charge < -0.3 is 5.11 Å². The third kappa shape index (κ3) is 5.08. The van der Waals surface area contributed by atoms with Gasteiger partial charge in [-0.25, -0.2) is 4.39 Å². The van der Waals surface area contributed by atoms with E-state index in [4.69, 9.17) is 10.1 Å². The number of hydrogen-bond acceptors (Lipinski definition) is 2. The molecule has 4 heteroatoms. The maximum atomic E-state index is 13.5. The summed E-state index contributed by atoms with van der Waals surface area (Å²) in [5.41, 5.74) is 4.99. The second-order valence-corrected chi connectivity index (χ2v) is 7.51. The van der Waals surface area contributed by atoms with Crippen LogP contribution in [0, 0.1) is 5.82 Å². The van der Waals surface area contributed by atoms with E-state index in [1.807, 2.05) is 30.3 Å². The molecule has 1 heterocycles. The number of pyridine rings is 1. The van der Waals surface area contributed by atoms with Crippen molar-refractivity contribution in [1.82, 2.24) is 4.98 Å². The molecule has 1 N–H and O–H groups in total. The smallest absolute Gasteiger partial charge is 0.303 e. The second kappa shape index (κ2) is 9.46. The van der Waals surface area contributed by atoms with Crippen molar-refractivity contribution in [2.75, 3.05) is 0 Å². The number of hydrogen-bond donors (Lipinski definition) is 1. The van der Waals surface area contributed by atoms with Gasteiger partial charge in [-0.1, -0.05) is 56.3 Å². The molecule has 0 aliphatic carbocycles. The minimum atomic E-state index is -0.756. The van der Waals surface area contributed by atoms with Crippen molar-refractivity contribution in [3.8, 4) is 11.1 Å². The van der Waals surface area contributed by atoms with Gasteiger partial charge in [0.2, 0.25) is 0 Å². The molecule has 150 valence electrons. The van der Waals surface area contributed by atoms with Crippen LogP contribution in [0.4, 0.5) is 4.39 Å². The number of aliphatic carboxylic acids is 1. The van der Waals surface area contributed by atoms with Crippen molar-refractivity contribution in [3.05, 3.63) is 71.7 Å². The number of carbonyl (C=O) groups is 1. The fourth-order valence-corrected chi connectivity index (χ4v) is 3.52. The molecule has 0 saturated carbocycles. The number of allylic oxidation sites excluding steroid dienone is 1. The highest BCUT2D eigenvalue weighted by atomic mass is 19.1. The number of carboxylic acid groups (broad SMARTS) is 1. The molecule has 0 aliphatic rings. The summed E-state index contributed by atoms with van der Waals surface area (Å²) in [6.07, 6.45) is 6.68. The van der Waals surface area contributed by atoms with Crippen LogP contribution < -0.4 is 0 Å². The summed E-state index contributed by atoms with van der Waals surface area (Å²) in [6.45, 7) is 4.24. The van der Waals surface area contributed by atoms with Crippen molar-refractivity contribution in [2.24, 2.45) is 0 Å². The minimum absolute atomic E-state index is 0.198. The van der Waals surface area contributed by atoms with Gasteiger partial charge in [-0.15, -0.1) is 0 Å². The second-order valence-electron chi connectivity index (χ2n) is 7.51. The summed E-state index contributed by atoms with van der Waals surface area (Å²) in [4.78, 5) is 15.6. The summed E-state index contributed by atoms with van der Waals surface area (Å²) in [5.74, 6) is -0.786. The number of fused-ring (bicyclic) bond motifs is 1. The van der Waals surface area contributed by atoms with Gasteiger partial charge in [0, 0.05) is 22.9 Å². The van der Waals surface area contributed by atoms with Crippen molar-refractivity contribution in [1.29, 1.82) is 0 Å². The van der Waals surface area contributed by atoms with E-state index in [-0.39, 0.29) is 18.2 Å². The molecule has 3 rings (SSSR count). The van der Waals surface area contributed by atoms with E-state index >= 15 is 0 Å². The fourth-order valence-electron chi connectivity index (χ4n) is 3.52. The summed E-state index contributed by atoms with van der Waals surface area (Å²) < 4.78 is 13.5. The van der Waals surface area contributed by atoms with Crippen LogP contribution in [0.5, 0.6) is 0 Å². The monoisotopic (exact) mass is 391 g/mol. The van der Waals surface area contributed by atoms with Gasteiger partial charge in [-0.3, -0.25) is 9.78 Å². The van der Waals surface area contributed by atoms with Crippen LogP contribution in [0.1, 0.15) is 56.7 Å². The van der Waals surface area contributed by atoms with E-state index in [0.29, 0.717) is 6.42 Å². The molecular weight excluding hydrogens is 365 g/mol. The zero-order valence-corrected chi connectivity index (χ0v) is 16.9. The molecule has 0 fully saturated rings. The minimum Gasteiger partial charge on any atom is -0.481 e. The molecule has 0 aliphatic heterocycles. The molecule has 29 heavy (non-hydrogen) atoms. The molecule has 0 unspecified atom stereocenters. The molecule has 1 aromatic heterocycles. The number of nitrogens with zero attached hydrogens (tertiary/aromatic N) is 1. The summed E-state index contributed by atoms with van der Waals surface area (Å²) in [7, 11) is 0. The summed E-state index contributed by atoms with van der Waals surface area (Å²) in [5, 5.41) is 9.81. The van der Waals surface area contributed by atoms with E-state index in [1.54, 1.807) is 0 Å². The molecule has 0 radical (unpaired) electrons. The Balaban J connectivity index is 2.07. The third-order valence-corrected chi connectivity index (χ3v) is 4.94. The van der Waals surface area contributed by atoms with Crippen LogP contribution in [0.25, 0.3) is 28.1 Å². The third-order valence-electron chi connectivity index (χ3n) is 4.94. The molecule has 0 atom stereocenters. The van der Waals surface area contributed by atoms with E-state index in [0.717, 1.165) is 46.1 Å². The average Bonchev–Trinajstić information content (AvgIpc) is 2.70. The Morgan fingerprint density at radius 3 is 2.52 bits per heavy atom. The normalized spacial score (nSPS) is 11.6. The Labute approximate surface area is 170 Å². The van der Waals surface area contributed by atoms with E-state index in [9.17, 15) is 9.18 Å². The Bertz CT molecular complexity index is 1020. The molecule has 0 spiro atoms. The first-order chi connectivity index (χ1) is 14.0. The lowest BCUT2D eigenvalue weighted by Gasteiger charge is -2.17. The van der Waals surface area contributed by atoms with E-state index in [2.05, 4.69) is 32.1 Å². The molecule has 2 aromatic carbocycles. The van der Waals surface area contributed by atoms with Crippen LogP contribution in [-0.4, -0.2) is 16.1 Å². The number of rotatable bonds is 8. The van der Waals surface area contributed by atoms with Crippen molar-refractivity contribution in [3.63, 3.8) is 0 Å². The van der Waals surface area contributed by atoms with Gasteiger partial charge in [-0.2, -0.15) is 0 Å². The van der Waals surface area contributed by atoms with E-state index < -0.39 is 5.97 Å². The first-order valence-corrected chi connectivity index (χ1v) is 10.0. The lowest BCUT2D eigenvalue weighted by molar-refractivity contribution is -0.137. The van der Waals surface area contributed by atoms with Crippen LogP contribution in [0.2, 0.25) is 0 Å². The standard InChI is InChI=1S/C25H26FNO2/c1-17(2)25-21(10-5-3-4-6-12-23(28)29)24(18-13-15-19(26)16-14-18)20-9-7-8-11-22(20)27-25/h5,7-11,13-17H,3-4,6,12H2,1-2H3,(H,28,29)/b10-5+. The Morgan fingerprint density at radius 1 is 1.10 bits per heavy atom. The number of carboxylic acids is 1. The quantitative estimate of drug-likeness (QED) is 0.429. The molecule has 3 aromatic rings. The largest absolute Gasteiger partial charge is 0.481 e. The summed E-state index contributed by atoms with van der Waals surface area (Å²) in [6, 6.07) is 14.6. The van der Waals surface area contributed by atoms with Crippen LogP contribution in [0.15, 0.2) is 54.6 Å². The lowest BCUT2D eigenvalue weighted by Crippen LogP contribution is -2.01. The average molecular weight is 391 g/mol. The van der Waals surface area contributed by atoms with Crippen molar-refractivity contribution < 1.29 is 14.3 Å². The van der Waals surface area contributed by atoms with Gasteiger partial charge in [-0.05, 0) is 48.9 Å². The Hall–Kier alpha value is -3.01. The maximum absolute atomic E-state index is 13.5. The van der Waals surface area contributed by atoms with Crippen LogP contribution >= 0.6 is 0 Å². The highest BCUT2D eigenvalue weighted by Gasteiger charge is 2.16. The molecule has 3 nitrogen and oxygen atoms in total. The van der Waals surface area contributed by atoms with Gasteiger partial charge in [0.05, 0.1) is 11.2 Å². The topological polar surface area (TPSA) is 50.2 Å². The predicted molar refractivity (Wildman–Crippen MR) is 116 cm³/mol. The first-order valence-electron chi connectivity index (χ1n) is 10.0. The highest BCUT2D eigenvalue weighted by molar-refractivity contribution is 5.99. The fraction of sp³-hybridized carbons (Fsp3) is 0.280. The van der Waals surface area contributed by atoms with Gasteiger partial charge >= 0.3 is 5.97 Å². The van der Waals surface area contributed by atoms with Crippen molar-refractivity contribution >= 4 is 22.9 Å². The van der Waals surface area contributed by atoms with Crippen molar-refractivity contribution in [2.45, 2.75) is 45.4 Å². The van der Waals surface area contributed by atoms with Crippen LogP contribution in [0.3, 0.4) is 0 Å². The zero-order chi connectivity index (χ0) is 20.8. The lowest BCUT2D eigenvalue weighted by atomic mass is 9.90. The van der Waals surface area contributed by atoms with Gasteiger partial charge in [0.15, 0.2) is 0 Å². The molecule has 0 saturated heterocycles.